The van der Waals surface area contributed by atoms with Gasteiger partial charge in [0.05, 0.1) is 17.9 Å². The molecule has 8 heteroatoms. The van der Waals surface area contributed by atoms with E-state index in [2.05, 4.69) is 4.98 Å². The van der Waals surface area contributed by atoms with E-state index in [-0.39, 0.29) is 0 Å². The van der Waals surface area contributed by atoms with Crippen LogP contribution in [-0.4, -0.2) is 56.7 Å². The summed E-state index contributed by atoms with van der Waals surface area (Å²) in [4.78, 5) is 27.6. The van der Waals surface area contributed by atoms with Gasteiger partial charge < -0.3 is 30.3 Å². The molecule has 1 saturated heterocycles. The van der Waals surface area contributed by atoms with Gasteiger partial charge in [0.2, 0.25) is 0 Å². The minimum absolute atomic E-state index is 0.325. The Hall–Kier alpha value is -2.84. The largest absolute Gasteiger partial charge is 0.506 e. The second-order valence-electron chi connectivity index (χ2n) is 6.28. The van der Waals surface area contributed by atoms with E-state index in [1.165, 1.54) is 0 Å². The molecule has 2 atom stereocenters. The molecule has 0 saturated carbocycles. The molecule has 3 rings (SSSR count). The zero-order valence-electron chi connectivity index (χ0n) is 14.1. The lowest BCUT2D eigenvalue weighted by Gasteiger charge is -2.18. The summed E-state index contributed by atoms with van der Waals surface area (Å²) < 4.78 is 0. The van der Waals surface area contributed by atoms with Crippen LogP contribution in [0.5, 0.6) is 5.75 Å². The van der Waals surface area contributed by atoms with E-state index in [9.17, 15) is 24.9 Å². The van der Waals surface area contributed by atoms with Crippen molar-refractivity contribution in [1.82, 2.24) is 4.98 Å². The van der Waals surface area contributed by atoms with Crippen molar-refractivity contribution in [3.8, 4) is 17.0 Å². The Bertz CT molecular complexity index is 880. The molecule has 26 heavy (non-hydrogen) atoms. The number of rotatable bonds is 4. The quantitative estimate of drug-likeness (QED) is 0.537. The van der Waals surface area contributed by atoms with Gasteiger partial charge in [0, 0.05) is 24.3 Å². The zero-order chi connectivity index (χ0) is 19.0. The minimum Gasteiger partial charge on any atom is -0.506 e. The van der Waals surface area contributed by atoms with Crippen molar-refractivity contribution in [3.63, 3.8) is 0 Å². The van der Waals surface area contributed by atoms with Crippen LogP contribution in [0.4, 0.5) is 5.69 Å². The van der Waals surface area contributed by atoms with Gasteiger partial charge in [-0.2, -0.15) is 0 Å². The molecule has 1 aromatic carbocycles. The summed E-state index contributed by atoms with van der Waals surface area (Å²) in [6, 6.07) is 7.02. The fraction of sp³-hybridized carbons (Fsp3) is 0.333. The number of nitrogens with zero attached hydrogens (tertiary/aromatic N) is 1. The number of benzene rings is 1. The monoisotopic (exact) mass is 360 g/mol. The van der Waals surface area contributed by atoms with Gasteiger partial charge in [0.15, 0.2) is 5.56 Å². The zero-order valence-corrected chi connectivity index (χ0v) is 14.1. The van der Waals surface area contributed by atoms with Crippen LogP contribution < -0.4 is 10.5 Å². The maximum atomic E-state index is 12.0. The van der Waals surface area contributed by atoms with Gasteiger partial charge >= 0.3 is 5.97 Å². The van der Waals surface area contributed by atoms with Crippen LogP contribution in [0, 0.1) is 0 Å². The molecular formula is C18H20N2O6. The second-order valence-corrected chi connectivity index (χ2v) is 6.28. The molecule has 0 aliphatic carbocycles. The third-order valence-electron chi connectivity index (χ3n) is 4.64. The Morgan fingerprint density at radius 2 is 1.77 bits per heavy atom. The molecule has 5 N–H and O–H groups in total. The molecule has 1 aromatic heterocycles. The van der Waals surface area contributed by atoms with Crippen LogP contribution in [0.25, 0.3) is 11.3 Å². The fourth-order valence-corrected chi connectivity index (χ4v) is 3.24. The summed E-state index contributed by atoms with van der Waals surface area (Å²) in [6.07, 6.45) is -1.25. The van der Waals surface area contributed by atoms with Crippen molar-refractivity contribution in [1.29, 1.82) is 0 Å². The summed E-state index contributed by atoms with van der Waals surface area (Å²) in [6.45, 7) is 2.40. The smallest absolute Gasteiger partial charge is 0.345 e. The number of aromatic carboxylic acids is 1. The molecule has 1 aliphatic rings. The number of aromatic nitrogens is 1. The van der Waals surface area contributed by atoms with Crippen molar-refractivity contribution >= 4 is 11.7 Å². The van der Waals surface area contributed by atoms with E-state index >= 15 is 0 Å². The number of β-amino-alcohol motifs (C(OH)–C–C–N with tert-alkyl or cyclic N) is 2. The highest BCUT2D eigenvalue weighted by molar-refractivity contribution is 5.92. The van der Waals surface area contributed by atoms with Gasteiger partial charge in [-0.1, -0.05) is 19.1 Å². The Labute approximate surface area is 149 Å². The van der Waals surface area contributed by atoms with Crippen LogP contribution >= 0.6 is 0 Å². The molecule has 2 aromatic rings. The summed E-state index contributed by atoms with van der Waals surface area (Å²) >= 11 is 0. The summed E-state index contributed by atoms with van der Waals surface area (Å²) in [5, 5.41) is 38.6. The van der Waals surface area contributed by atoms with Gasteiger partial charge in [-0.25, -0.2) is 4.79 Å². The van der Waals surface area contributed by atoms with Gasteiger partial charge in [0.1, 0.15) is 5.75 Å². The number of hydrogen-bond donors (Lipinski definition) is 5. The van der Waals surface area contributed by atoms with Gasteiger partial charge in [0.25, 0.3) is 5.56 Å². The molecular weight excluding hydrogens is 340 g/mol. The number of aromatic amines is 1. The Morgan fingerprint density at radius 1 is 1.19 bits per heavy atom. The molecule has 8 nitrogen and oxygen atoms in total. The normalized spacial score (nSPS) is 19.7. The number of carbonyl (C=O) groups is 1. The fourth-order valence-electron chi connectivity index (χ4n) is 3.24. The first-order valence-corrected chi connectivity index (χ1v) is 8.26. The van der Waals surface area contributed by atoms with Crippen LogP contribution in [0.15, 0.2) is 29.1 Å². The first-order chi connectivity index (χ1) is 12.3. The Balaban J connectivity index is 2.00. The third-order valence-corrected chi connectivity index (χ3v) is 4.64. The first kappa shape index (κ1) is 18.0. The number of aromatic hydroxyl groups is 1. The van der Waals surface area contributed by atoms with Crippen molar-refractivity contribution < 1.29 is 25.2 Å². The number of aliphatic hydroxyl groups is 2. The molecule has 0 unspecified atom stereocenters. The lowest BCUT2D eigenvalue weighted by molar-refractivity contribution is 0.0572. The number of carboxylic acids is 1. The van der Waals surface area contributed by atoms with Gasteiger partial charge in [-0.15, -0.1) is 0 Å². The molecule has 0 spiro atoms. The molecule has 2 heterocycles. The van der Waals surface area contributed by atoms with Crippen molar-refractivity contribution in [2.24, 2.45) is 0 Å². The highest BCUT2D eigenvalue weighted by Gasteiger charge is 2.29. The van der Waals surface area contributed by atoms with Gasteiger partial charge in [-0.05, 0) is 24.1 Å². The summed E-state index contributed by atoms with van der Waals surface area (Å²) in [5.41, 5.74) is 0.612. The highest BCUT2D eigenvalue weighted by Crippen LogP contribution is 2.31. The maximum Gasteiger partial charge on any atom is 0.345 e. The average molecular weight is 360 g/mol. The summed E-state index contributed by atoms with van der Waals surface area (Å²) in [5.74, 6) is -2.00. The van der Waals surface area contributed by atoms with Crippen LogP contribution in [0.2, 0.25) is 0 Å². The minimum atomic E-state index is -1.48. The maximum absolute atomic E-state index is 12.0. The number of H-pyrrole nitrogens is 1. The second kappa shape index (κ2) is 6.81. The highest BCUT2D eigenvalue weighted by atomic mass is 16.4. The van der Waals surface area contributed by atoms with Crippen LogP contribution in [-0.2, 0) is 6.42 Å². The van der Waals surface area contributed by atoms with Crippen LogP contribution in [0.3, 0.4) is 0 Å². The van der Waals surface area contributed by atoms with E-state index in [1.54, 1.807) is 31.2 Å². The number of aliphatic hydroxyl groups excluding tert-OH is 2. The average Bonchev–Trinajstić information content (AvgIpc) is 2.93. The topological polar surface area (TPSA) is 134 Å². The Kier molecular flexibility index (Phi) is 4.71. The number of anilines is 1. The predicted molar refractivity (Wildman–Crippen MR) is 94.7 cm³/mol. The lowest BCUT2D eigenvalue weighted by Crippen LogP contribution is -2.22. The number of pyridine rings is 1. The molecule has 0 radical (unpaired) electrons. The standard InChI is InChI=1S/C18H20N2O6/c1-2-11-15(19-17(24)14(16(11)23)18(25)26)9-3-5-10(6-4-9)20-7-12(21)13(22)8-20/h3-6,12-13,21-22H,2,7-8H2,1H3,(H,25,26)(H2,19,23,24)/t12-,13+. The van der Waals surface area contributed by atoms with E-state index in [0.717, 1.165) is 5.69 Å². The number of nitrogens with one attached hydrogen (secondary N) is 1. The van der Waals surface area contributed by atoms with E-state index < -0.39 is 35.0 Å². The van der Waals surface area contributed by atoms with Crippen molar-refractivity contribution in [2.45, 2.75) is 25.6 Å². The lowest BCUT2D eigenvalue weighted by atomic mass is 10.0. The summed E-state index contributed by atoms with van der Waals surface area (Å²) in [7, 11) is 0. The van der Waals surface area contributed by atoms with E-state index in [4.69, 9.17) is 5.11 Å². The molecule has 1 fully saturated rings. The molecule has 0 bridgehead atoms. The molecule has 0 amide bonds. The van der Waals surface area contributed by atoms with E-state index in [0.29, 0.717) is 36.3 Å². The number of carboxylic acid groups (broad SMARTS) is 1. The van der Waals surface area contributed by atoms with Crippen molar-refractivity contribution in [2.75, 3.05) is 18.0 Å². The molecule has 138 valence electrons. The Morgan fingerprint density at radius 3 is 2.27 bits per heavy atom. The third kappa shape index (κ3) is 3.04. The van der Waals surface area contributed by atoms with E-state index in [1.807, 2.05) is 4.90 Å². The number of hydrogen-bond acceptors (Lipinski definition) is 6. The molecule has 1 aliphatic heterocycles. The van der Waals surface area contributed by atoms with Crippen LogP contribution in [0.1, 0.15) is 22.8 Å². The SMILES string of the molecule is CCc1c(-c2ccc(N3C[C@@H](O)[C@@H](O)C3)cc2)[nH]c(=O)c(C(=O)O)c1O. The van der Waals surface area contributed by atoms with Gasteiger partial charge in [-0.3, -0.25) is 4.79 Å². The first-order valence-electron chi connectivity index (χ1n) is 8.26. The van der Waals surface area contributed by atoms with Crippen molar-refractivity contribution in [3.05, 3.63) is 45.7 Å². The predicted octanol–water partition coefficient (Wildman–Crippen LogP) is 0.550.